The van der Waals surface area contributed by atoms with Crippen LogP contribution in [0.1, 0.15) is 11.3 Å². The van der Waals surface area contributed by atoms with Gasteiger partial charge in [-0.3, -0.25) is 9.59 Å². The number of methoxy groups -OCH3 is 1. The summed E-state index contributed by atoms with van der Waals surface area (Å²) in [7, 11) is 1.34. The number of carbonyl (C=O) groups excluding carboxylic acids is 1. The van der Waals surface area contributed by atoms with Crippen LogP contribution in [0, 0.1) is 6.92 Å². The fourth-order valence-electron chi connectivity index (χ4n) is 3.39. The summed E-state index contributed by atoms with van der Waals surface area (Å²) in [6.07, 6.45) is 1.47. The maximum atomic E-state index is 12.7. The molecule has 2 heterocycles. The molecule has 0 atom stereocenters. The van der Waals surface area contributed by atoms with Crippen LogP contribution in [0.5, 0.6) is 0 Å². The van der Waals surface area contributed by atoms with E-state index >= 15 is 0 Å². The molecule has 4 rings (SSSR count). The maximum absolute atomic E-state index is 12.7. The molecule has 0 spiro atoms. The number of aromatic amines is 1. The first-order valence-corrected chi connectivity index (χ1v) is 8.94. The number of nitrogens with zero attached hydrogens (tertiary/aromatic N) is 3. The molecular weight excluding hydrogens is 372 g/mol. The second-order valence-electron chi connectivity index (χ2n) is 6.52. The van der Waals surface area contributed by atoms with Gasteiger partial charge < -0.3 is 14.3 Å². The average molecular weight is 390 g/mol. The van der Waals surface area contributed by atoms with Crippen LogP contribution in [-0.2, 0) is 16.1 Å². The van der Waals surface area contributed by atoms with Crippen molar-refractivity contribution in [2.24, 2.45) is 5.10 Å². The maximum Gasteiger partial charge on any atom is 0.349 e. The highest BCUT2D eigenvalue weighted by molar-refractivity contribution is 6.01. The van der Waals surface area contributed by atoms with Crippen molar-refractivity contribution in [2.45, 2.75) is 13.5 Å². The normalized spacial score (nSPS) is 11.5. The summed E-state index contributed by atoms with van der Waals surface area (Å²) < 4.78 is 7.40. The number of fused-ring (bicyclic) bond motifs is 2. The first-order chi connectivity index (χ1) is 14.0. The molecule has 0 saturated carbocycles. The Bertz CT molecular complexity index is 1390. The molecule has 0 aliphatic carbocycles. The van der Waals surface area contributed by atoms with Crippen molar-refractivity contribution >= 4 is 34.0 Å². The summed E-state index contributed by atoms with van der Waals surface area (Å²) in [5.74, 6) is -0.375. The fourth-order valence-corrected chi connectivity index (χ4v) is 3.39. The van der Waals surface area contributed by atoms with E-state index in [9.17, 15) is 14.4 Å². The van der Waals surface area contributed by atoms with Crippen LogP contribution in [0.15, 0.2) is 63.2 Å². The van der Waals surface area contributed by atoms with E-state index in [1.54, 1.807) is 24.3 Å². The van der Waals surface area contributed by atoms with Crippen molar-refractivity contribution in [3.05, 3.63) is 80.6 Å². The van der Waals surface area contributed by atoms with Crippen molar-refractivity contribution in [3.63, 3.8) is 0 Å². The Balaban J connectivity index is 1.87. The third-order valence-electron chi connectivity index (χ3n) is 4.88. The lowest BCUT2D eigenvalue weighted by molar-refractivity contribution is -0.141. The van der Waals surface area contributed by atoms with E-state index in [1.807, 2.05) is 35.8 Å². The molecule has 0 amide bonds. The number of para-hydroxylation sites is 2. The minimum Gasteiger partial charge on any atom is -0.468 e. The van der Waals surface area contributed by atoms with Crippen LogP contribution in [-0.4, -0.2) is 33.5 Å². The van der Waals surface area contributed by atoms with Gasteiger partial charge >= 0.3 is 11.7 Å². The number of carbonyl (C=O) groups is 1. The third kappa shape index (κ3) is 3.14. The number of esters is 1. The Kier molecular flexibility index (Phi) is 4.59. The van der Waals surface area contributed by atoms with Gasteiger partial charge in [0.05, 0.1) is 24.2 Å². The van der Waals surface area contributed by atoms with E-state index in [4.69, 9.17) is 4.74 Å². The van der Waals surface area contributed by atoms with Crippen LogP contribution < -0.4 is 11.2 Å². The molecule has 0 aliphatic heterocycles. The molecule has 4 aromatic rings. The first-order valence-electron chi connectivity index (χ1n) is 8.94. The standard InChI is InChI=1S/C21H18N4O4/c1-13-16(14-7-4-6-10-18(14)24(13)12-19(26)29-2)11-22-25-20(27)15-8-3-5-9-17(15)23-21(25)28/h3-11H,12H2,1-2H3,(H,23,28). The lowest BCUT2D eigenvalue weighted by atomic mass is 10.1. The molecule has 0 fully saturated rings. The van der Waals surface area contributed by atoms with Gasteiger partial charge in [0.1, 0.15) is 6.54 Å². The van der Waals surface area contributed by atoms with E-state index in [0.717, 1.165) is 21.3 Å². The van der Waals surface area contributed by atoms with Gasteiger partial charge in [-0.1, -0.05) is 30.3 Å². The SMILES string of the molecule is COC(=O)Cn1c(C)c(C=Nn2c(=O)[nH]c3ccccc3c2=O)c2ccccc21. The van der Waals surface area contributed by atoms with E-state index in [-0.39, 0.29) is 12.5 Å². The molecule has 29 heavy (non-hydrogen) atoms. The van der Waals surface area contributed by atoms with Gasteiger partial charge in [0.2, 0.25) is 0 Å². The summed E-state index contributed by atoms with van der Waals surface area (Å²) in [6, 6.07) is 14.3. The zero-order chi connectivity index (χ0) is 20.5. The lowest BCUT2D eigenvalue weighted by Gasteiger charge is -2.06. The van der Waals surface area contributed by atoms with Crippen molar-refractivity contribution in [3.8, 4) is 0 Å². The monoisotopic (exact) mass is 390 g/mol. The quantitative estimate of drug-likeness (QED) is 0.426. The lowest BCUT2D eigenvalue weighted by Crippen LogP contribution is -2.32. The van der Waals surface area contributed by atoms with Gasteiger partial charge in [0, 0.05) is 22.2 Å². The van der Waals surface area contributed by atoms with E-state index in [2.05, 4.69) is 10.1 Å². The zero-order valence-corrected chi connectivity index (χ0v) is 15.9. The summed E-state index contributed by atoms with van der Waals surface area (Å²) in [4.78, 5) is 39.5. The molecule has 0 bridgehead atoms. The summed E-state index contributed by atoms with van der Waals surface area (Å²) in [5, 5.41) is 5.37. The predicted octanol–water partition coefficient (Wildman–Crippen LogP) is 2.01. The minimum absolute atomic E-state index is 0.0488. The number of hydrogen-bond acceptors (Lipinski definition) is 5. The van der Waals surface area contributed by atoms with Gasteiger partial charge in [0.15, 0.2) is 0 Å². The number of hydrogen-bond donors (Lipinski definition) is 1. The van der Waals surface area contributed by atoms with Crippen LogP contribution in [0.2, 0.25) is 0 Å². The molecule has 0 aliphatic rings. The highest BCUT2D eigenvalue weighted by Gasteiger charge is 2.15. The van der Waals surface area contributed by atoms with Crippen LogP contribution in [0.3, 0.4) is 0 Å². The summed E-state index contributed by atoms with van der Waals surface area (Å²) in [6.45, 7) is 1.89. The minimum atomic E-state index is -0.624. The van der Waals surface area contributed by atoms with Crippen LogP contribution in [0.4, 0.5) is 0 Å². The Morgan fingerprint density at radius 3 is 2.55 bits per heavy atom. The number of rotatable bonds is 4. The molecule has 1 N–H and O–H groups in total. The second kappa shape index (κ2) is 7.23. The van der Waals surface area contributed by atoms with E-state index in [1.165, 1.54) is 13.3 Å². The number of aromatic nitrogens is 3. The molecule has 0 saturated heterocycles. The van der Waals surface area contributed by atoms with E-state index < -0.39 is 11.2 Å². The average Bonchev–Trinajstić information content (AvgIpc) is 2.99. The number of benzene rings is 2. The van der Waals surface area contributed by atoms with Crippen molar-refractivity contribution in [1.82, 2.24) is 14.2 Å². The summed E-state index contributed by atoms with van der Waals surface area (Å²) >= 11 is 0. The molecule has 146 valence electrons. The van der Waals surface area contributed by atoms with Gasteiger partial charge in [-0.2, -0.15) is 5.10 Å². The topological polar surface area (TPSA) is 98.4 Å². The highest BCUT2D eigenvalue weighted by Crippen LogP contribution is 2.24. The molecule has 8 heteroatoms. The molecule has 8 nitrogen and oxygen atoms in total. The Morgan fingerprint density at radius 2 is 1.79 bits per heavy atom. The van der Waals surface area contributed by atoms with Crippen LogP contribution >= 0.6 is 0 Å². The fraction of sp³-hybridized carbons (Fsp3) is 0.143. The number of nitrogens with one attached hydrogen (secondary N) is 1. The van der Waals surface area contributed by atoms with Crippen molar-refractivity contribution < 1.29 is 9.53 Å². The summed E-state index contributed by atoms with van der Waals surface area (Å²) in [5.41, 5.74) is 1.64. The smallest absolute Gasteiger partial charge is 0.349 e. The highest BCUT2D eigenvalue weighted by atomic mass is 16.5. The molecule has 0 unspecified atom stereocenters. The Hall–Kier alpha value is -3.94. The predicted molar refractivity (Wildman–Crippen MR) is 111 cm³/mol. The Labute approximate surface area is 164 Å². The van der Waals surface area contributed by atoms with Gasteiger partial charge in [-0.15, -0.1) is 4.68 Å². The second-order valence-corrected chi connectivity index (χ2v) is 6.52. The van der Waals surface area contributed by atoms with Crippen LogP contribution in [0.25, 0.3) is 21.8 Å². The van der Waals surface area contributed by atoms with Gasteiger partial charge in [0.25, 0.3) is 5.56 Å². The van der Waals surface area contributed by atoms with Gasteiger partial charge in [-0.05, 0) is 25.1 Å². The zero-order valence-electron chi connectivity index (χ0n) is 15.9. The molecule has 2 aromatic carbocycles. The molecular formula is C21H18N4O4. The van der Waals surface area contributed by atoms with Crippen molar-refractivity contribution in [2.75, 3.05) is 7.11 Å². The van der Waals surface area contributed by atoms with Gasteiger partial charge in [-0.25, -0.2) is 4.79 Å². The third-order valence-corrected chi connectivity index (χ3v) is 4.88. The number of H-pyrrole nitrogens is 1. The molecule has 2 aromatic heterocycles. The Morgan fingerprint density at radius 1 is 1.10 bits per heavy atom. The number of ether oxygens (including phenoxy) is 1. The largest absolute Gasteiger partial charge is 0.468 e. The van der Waals surface area contributed by atoms with Crippen molar-refractivity contribution in [1.29, 1.82) is 0 Å². The molecule has 0 radical (unpaired) electrons. The van der Waals surface area contributed by atoms with E-state index in [0.29, 0.717) is 16.5 Å². The first kappa shape index (κ1) is 18.4.